The van der Waals surface area contributed by atoms with Crippen LogP contribution in [0.3, 0.4) is 0 Å². The summed E-state index contributed by atoms with van der Waals surface area (Å²) < 4.78 is 0. The summed E-state index contributed by atoms with van der Waals surface area (Å²) in [6.45, 7) is 3.34. The number of hydrogen-bond acceptors (Lipinski definition) is 3. The Hall–Kier alpha value is -1.16. The number of hydrogen-bond donors (Lipinski definition) is 0. The van der Waals surface area contributed by atoms with Gasteiger partial charge in [-0.05, 0) is 37.7 Å². The highest BCUT2D eigenvalue weighted by Crippen LogP contribution is 2.13. The first-order chi connectivity index (χ1) is 9.02. The van der Waals surface area contributed by atoms with E-state index in [0.29, 0.717) is 11.7 Å². The average molecular weight is 296 g/mol. The van der Waals surface area contributed by atoms with Crippen molar-refractivity contribution in [1.29, 1.82) is 0 Å². The van der Waals surface area contributed by atoms with E-state index in [1.807, 2.05) is 38.2 Å². The Balaban J connectivity index is 2.03. The molecule has 0 saturated heterocycles. The number of halogens is 2. The van der Waals surface area contributed by atoms with Gasteiger partial charge in [-0.3, -0.25) is 4.90 Å². The molecule has 1 aromatic carbocycles. The molecule has 0 amide bonds. The second-order valence-electron chi connectivity index (χ2n) is 4.55. The van der Waals surface area contributed by atoms with Gasteiger partial charge in [0.25, 0.3) is 0 Å². The third-order valence-electron chi connectivity index (χ3n) is 2.62. The summed E-state index contributed by atoms with van der Waals surface area (Å²) in [5.74, 6) is 0.731. The van der Waals surface area contributed by atoms with Crippen LogP contribution in [-0.2, 0) is 13.1 Å². The molecule has 2 rings (SSSR count). The van der Waals surface area contributed by atoms with Crippen LogP contribution in [0.25, 0.3) is 0 Å². The second-order valence-corrected chi connectivity index (χ2v) is 5.37. The molecule has 0 saturated carbocycles. The van der Waals surface area contributed by atoms with Crippen molar-refractivity contribution in [3.8, 4) is 0 Å². The topological polar surface area (TPSA) is 29.0 Å². The summed E-state index contributed by atoms with van der Waals surface area (Å²) in [7, 11) is 2.01. The van der Waals surface area contributed by atoms with Crippen LogP contribution in [0, 0.1) is 6.92 Å². The first-order valence-electron chi connectivity index (χ1n) is 5.96. The van der Waals surface area contributed by atoms with Crippen LogP contribution in [0.5, 0.6) is 0 Å². The van der Waals surface area contributed by atoms with Gasteiger partial charge in [0.1, 0.15) is 11.0 Å². The van der Waals surface area contributed by atoms with Gasteiger partial charge in [0.15, 0.2) is 0 Å². The normalized spacial score (nSPS) is 11.0. The van der Waals surface area contributed by atoms with Gasteiger partial charge in [-0.25, -0.2) is 9.97 Å². The first kappa shape index (κ1) is 14.3. The minimum absolute atomic E-state index is 0.485. The van der Waals surface area contributed by atoms with Crippen LogP contribution in [0.4, 0.5) is 0 Å². The zero-order chi connectivity index (χ0) is 13.8. The molecule has 0 fully saturated rings. The van der Waals surface area contributed by atoms with E-state index in [0.717, 1.165) is 28.6 Å². The number of benzene rings is 1. The van der Waals surface area contributed by atoms with Crippen LogP contribution < -0.4 is 0 Å². The lowest BCUT2D eigenvalue weighted by atomic mass is 10.2. The monoisotopic (exact) mass is 295 g/mol. The molecule has 19 heavy (non-hydrogen) atoms. The summed E-state index contributed by atoms with van der Waals surface area (Å²) in [6.07, 6.45) is 0. The maximum Gasteiger partial charge on any atom is 0.144 e. The van der Waals surface area contributed by atoms with Crippen molar-refractivity contribution < 1.29 is 0 Å². The lowest BCUT2D eigenvalue weighted by Gasteiger charge is -2.16. The Kier molecular flexibility index (Phi) is 4.75. The predicted octanol–water partition coefficient (Wildman–Crippen LogP) is 3.72. The van der Waals surface area contributed by atoms with Gasteiger partial charge in [-0.2, -0.15) is 0 Å². The number of rotatable bonds is 4. The summed E-state index contributed by atoms with van der Waals surface area (Å²) >= 11 is 11.9. The van der Waals surface area contributed by atoms with Crippen molar-refractivity contribution in [2.24, 2.45) is 0 Å². The average Bonchev–Trinajstić information content (AvgIpc) is 2.26. The molecule has 0 radical (unpaired) electrons. The van der Waals surface area contributed by atoms with Crippen LogP contribution in [0.2, 0.25) is 10.2 Å². The quantitative estimate of drug-likeness (QED) is 0.805. The van der Waals surface area contributed by atoms with Gasteiger partial charge in [0.2, 0.25) is 0 Å². The fourth-order valence-electron chi connectivity index (χ4n) is 1.90. The third-order valence-corrected chi connectivity index (χ3v) is 3.05. The van der Waals surface area contributed by atoms with Gasteiger partial charge in [0, 0.05) is 17.3 Å². The van der Waals surface area contributed by atoms with Crippen molar-refractivity contribution >= 4 is 23.2 Å². The molecule has 1 heterocycles. The van der Waals surface area contributed by atoms with Crippen molar-refractivity contribution in [3.63, 3.8) is 0 Å². The molecule has 0 aliphatic carbocycles. The van der Waals surface area contributed by atoms with Crippen molar-refractivity contribution in [1.82, 2.24) is 14.9 Å². The molecule has 100 valence electrons. The van der Waals surface area contributed by atoms with Crippen LogP contribution in [-0.4, -0.2) is 21.9 Å². The van der Waals surface area contributed by atoms with E-state index in [1.54, 1.807) is 6.07 Å². The molecule has 0 atom stereocenters. The maximum absolute atomic E-state index is 5.97. The fraction of sp³-hybridized carbons (Fsp3) is 0.286. The number of nitrogens with zero attached hydrogens (tertiary/aromatic N) is 3. The van der Waals surface area contributed by atoms with E-state index in [1.165, 1.54) is 0 Å². The highest BCUT2D eigenvalue weighted by atomic mass is 35.5. The van der Waals surface area contributed by atoms with E-state index < -0.39 is 0 Å². The van der Waals surface area contributed by atoms with Gasteiger partial charge in [-0.1, -0.05) is 35.3 Å². The van der Waals surface area contributed by atoms with E-state index in [4.69, 9.17) is 23.2 Å². The van der Waals surface area contributed by atoms with Gasteiger partial charge in [-0.15, -0.1) is 0 Å². The summed E-state index contributed by atoms with van der Waals surface area (Å²) in [6, 6.07) is 9.58. The molecule has 2 aromatic rings. The Labute approximate surface area is 123 Å². The van der Waals surface area contributed by atoms with Gasteiger partial charge in [0.05, 0.1) is 6.54 Å². The SMILES string of the molecule is Cc1cc(Cl)nc(CN(C)Cc2cccc(Cl)c2)n1. The van der Waals surface area contributed by atoms with Crippen LogP contribution in [0.1, 0.15) is 17.1 Å². The molecule has 0 aliphatic heterocycles. The molecule has 0 aliphatic rings. The van der Waals surface area contributed by atoms with E-state index in [-0.39, 0.29) is 0 Å². The van der Waals surface area contributed by atoms with Crippen molar-refractivity contribution in [3.05, 3.63) is 57.6 Å². The summed E-state index contributed by atoms with van der Waals surface area (Å²) in [5, 5.41) is 1.24. The molecule has 0 N–H and O–H groups in total. The minimum atomic E-state index is 0.485. The second kappa shape index (κ2) is 6.33. The van der Waals surface area contributed by atoms with Gasteiger partial charge >= 0.3 is 0 Å². The molecule has 5 heteroatoms. The van der Waals surface area contributed by atoms with E-state index in [9.17, 15) is 0 Å². The molecule has 0 unspecified atom stereocenters. The lowest BCUT2D eigenvalue weighted by molar-refractivity contribution is 0.310. The number of aromatic nitrogens is 2. The summed E-state index contributed by atoms with van der Waals surface area (Å²) in [4.78, 5) is 10.7. The Morgan fingerprint density at radius 1 is 1.11 bits per heavy atom. The van der Waals surface area contributed by atoms with Crippen molar-refractivity contribution in [2.75, 3.05) is 7.05 Å². The summed E-state index contributed by atoms with van der Waals surface area (Å²) in [5.41, 5.74) is 2.04. The molecule has 3 nitrogen and oxygen atoms in total. The molecule has 1 aromatic heterocycles. The van der Waals surface area contributed by atoms with Crippen LogP contribution >= 0.6 is 23.2 Å². The lowest BCUT2D eigenvalue weighted by Crippen LogP contribution is -2.19. The van der Waals surface area contributed by atoms with Gasteiger partial charge < -0.3 is 0 Å². The zero-order valence-corrected chi connectivity index (χ0v) is 12.4. The standard InChI is InChI=1S/C14H15Cl2N3/c1-10-6-13(16)18-14(17-10)9-19(2)8-11-4-3-5-12(15)7-11/h3-7H,8-9H2,1-2H3. The minimum Gasteiger partial charge on any atom is -0.295 e. The fourth-order valence-corrected chi connectivity index (χ4v) is 2.37. The molecular weight excluding hydrogens is 281 g/mol. The highest BCUT2D eigenvalue weighted by Gasteiger charge is 2.06. The molecular formula is C14H15Cl2N3. The number of aryl methyl sites for hydroxylation is 1. The van der Waals surface area contributed by atoms with E-state index >= 15 is 0 Å². The highest BCUT2D eigenvalue weighted by molar-refractivity contribution is 6.30. The van der Waals surface area contributed by atoms with E-state index in [2.05, 4.69) is 14.9 Å². The largest absolute Gasteiger partial charge is 0.295 e. The van der Waals surface area contributed by atoms with Crippen molar-refractivity contribution in [2.45, 2.75) is 20.0 Å². The smallest absolute Gasteiger partial charge is 0.144 e. The Bertz CT molecular complexity index is 552. The molecule has 0 bridgehead atoms. The van der Waals surface area contributed by atoms with Crippen LogP contribution in [0.15, 0.2) is 30.3 Å². The third kappa shape index (κ3) is 4.46. The Morgan fingerprint density at radius 2 is 1.89 bits per heavy atom. The predicted molar refractivity (Wildman–Crippen MR) is 78.4 cm³/mol. The maximum atomic E-state index is 5.97. The zero-order valence-electron chi connectivity index (χ0n) is 10.9. The molecule has 0 spiro atoms. The Morgan fingerprint density at radius 3 is 2.58 bits per heavy atom. The first-order valence-corrected chi connectivity index (χ1v) is 6.71.